The number of ether oxygens (including phenoxy) is 3. The van der Waals surface area contributed by atoms with Gasteiger partial charge in [-0.05, 0) is 48.7 Å². The molecule has 26 heavy (non-hydrogen) atoms. The number of nitriles is 1. The zero-order valence-corrected chi connectivity index (χ0v) is 15.6. The van der Waals surface area contributed by atoms with Gasteiger partial charge in [0, 0.05) is 19.0 Å². The summed E-state index contributed by atoms with van der Waals surface area (Å²) < 4.78 is 16.3. The first-order valence-corrected chi connectivity index (χ1v) is 8.72. The lowest BCUT2D eigenvalue weighted by Crippen LogP contribution is -2.18. The molecule has 1 N–H and O–H groups in total. The second-order valence-electron chi connectivity index (χ2n) is 5.97. The predicted molar refractivity (Wildman–Crippen MR) is 102 cm³/mol. The van der Waals surface area contributed by atoms with Gasteiger partial charge in [0.2, 0.25) is 0 Å². The molecule has 0 heterocycles. The van der Waals surface area contributed by atoms with Crippen molar-refractivity contribution >= 4 is 0 Å². The molecule has 0 aromatic heterocycles. The first kappa shape index (κ1) is 19.6. The first-order valence-electron chi connectivity index (χ1n) is 8.72. The standard InChI is InChI=1S/C21H26N2O3/c1-16(18-9-10-20(24-2)21(14-18)25-3)23-15-17-7-6-8-19(13-17)26-12-5-4-11-22/h6-10,13-14,16,23H,4-5,12,15H2,1-3H3. The third kappa shape index (κ3) is 5.68. The summed E-state index contributed by atoms with van der Waals surface area (Å²) in [5.74, 6) is 2.29. The number of nitrogens with one attached hydrogen (secondary N) is 1. The van der Waals surface area contributed by atoms with Crippen molar-refractivity contribution in [1.29, 1.82) is 5.26 Å². The summed E-state index contributed by atoms with van der Waals surface area (Å²) in [5.41, 5.74) is 2.28. The van der Waals surface area contributed by atoms with E-state index in [4.69, 9.17) is 19.5 Å². The van der Waals surface area contributed by atoms with Crippen LogP contribution in [0, 0.1) is 11.3 Å². The third-order valence-electron chi connectivity index (χ3n) is 4.12. The van der Waals surface area contributed by atoms with Gasteiger partial charge in [-0.1, -0.05) is 18.2 Å². The fraction of sp³-hybridized carbons (Fsp3) is 0.381. The molecule has 0 saturated carbocycles. The van der Waals surface area contributed by atoms with Crippen LogP contribution in [0.15, 0.2) is 42.5 Å². The van der Waals surface area contributed by atoms with Crippen molar-refractivity contribution in [3.05, 3.63) is 53.6 Å². The van der Waals surface area contributed by atoms with E-state index in [1.165, 1.54) is 0 Å². The SMILES string of the molecule is COc1ccc(C(C)NCc2cccc(OCCCC#N)c2)cc1OC. The molecule has 0 aliphatic rings. The molecule has 0 fully saturated rings. The van der Waals surface area contributed by atoms with Crippen LogP contribution >= 0.6 is 0 Å². The summed E-state index contributed by atoms with van der Waals surface area (Å²) in [6.07, 6.45) is 1.26. The van der Waals surface area contributed by atoms with Crippen LogP contribution < -0.4 is 19.5 Å². The van der Waals surface area contributed by atoms with Gasteiger partial charge in [-0.15, -0.1) is 0 Å². The van der Waals surface area contributed by atoms with Crippen LogP contribution in [0.2, 0.25) is 0 Å². The highest BCUT2D eigenvalue weighted by molar-refractivity contribution is 5.43. The Morgan fingerprint density at radius 2 is 1.88 bits per heavy atom. The van der Waals surface area contributed by atoms with Crippen LogP contribution in [-0.4, -0.2) is 20.8 Å². The lowest BCUT2D eigenvalue weighted by atomic mass is 10.1. The van der Waals surface area contributed by atoms with Gasteiger partial charge >= 0.3 is 0 Å². The molecule has 138 valence electrons. The van der Waals surface area contributed by atoms with E-state index in [0.717, 1.165) is 41.3 Å². The summed E-state index contributed by atoms with van der Waals surface area (Å²) >= 11 is 0. The number of methoxy groups -OCH3 is 2. The second kappa shape index (κ2) is 10.3. The molecule has 1 atom stereocenters. The minimum Gasteiger partial charge on any atom is -0.494 e. The summed E-state index contributed by atoms with van der Waals surface area (Å²) in [6, 6.07) is 16.2. The minimum atomic E-state index is 0.162. The Morgan fingerprint density at radius 1 is 1.08 bits per heavy atom. The van der Waals surface area contributed by atoms with Crippen LogP contribution in [0.4, 0.5) is 0 Å². The van der Waals surface area contributed by atoms with Crippen LogP contribution in [0.5, 0.6) is 17.2 Å². The molecule has 5 nitrogen and oxygen atoms in total. The maximum absolute atomic E-state index is 8.56. The average molecular weight is 354 g/mol. The molecule has 0 spiro atoms. The Balaban J connectivity index is 1.92. The summed E-state index contributed by atoms with van der Waals surface area (Å²) in [6.45, 7) is 3.40. The Labute approximate surface area is 155 Å². The van der Waals surface area contributed by atoms with E-state index in [2.05, 4.69) is 24.4 Å². The molecule has 0 bridgehead atoms. The largest absolute Gasteiger partial charge is 0.494 e. The lowest BCUT2D eigenvalue weighted by molar-refractivity contribution is 0.312. The van der Waals surface area contributed by atoms with Crippen LogP contribution in [0.1, 0.15) is 36.9 Å². The monoisotopic (exact) mass is 354 g/mol. The van der Waals surface area contributed by atoms with Gasteiger partial charge in [0.05, 0.1) is 26.9 Å². The number of benzene rings is 2. The van der Waals surface area contributed by atoms with Crippen molar-refractivity contribution in [3.63, 3.8) is 0 Å². The molecule has 0 aliphatic heterocycles. The fourth-order valence-electron chi connectivity index (χ4n) is 2.60. The van der Waals surface area contributed by atoms with Gasteiger partial charge in [-0.2, -0.15) is 5.26 Å². The molecule has 0 radical (unpaired) electrons. The van der Waals surface area contributed by atoms with Gasteiger partial charge < -0.3 is 19.5 Å². The molecule has 0 saturated heterocycles. The molecular weight excluding hydrogens is 328 g/mol. The van der Waals surface area contributed by atoms with Gasteiger partial charge in [0.25, 0.3) is 0 Å². The molecule has 2 aromatic rings. The van der Waals surface area contributed by atoms with Crippen LogP contribution in [0.25, 0.3) is 0 Å². The van der Waals surface area contributed by atoms with E-state index in [1.807, 2.05) is 36.4 Å². The first-order chi connectivity index (χ1) is 12.7. The van der Waals surface area contributed by atoms with E-state index >= 15 is 0 Å². The topological polar surface area (TPSA) is 63.5 Å². The number of hydrogen-bond donors (Lipinski definition) is 1. The lowest BCUT2D eigenvalue weighted by Gasteiger charge is -2.17. The van der Waals surface area contributed by atoms with Crippen LogP contribution in [0.3, 0.4) is 0 Å². The average Bonchev–Trinajstić information content (AvgIpc) is 2.69. The molecule has 0 amide bonds. The quantitative estimate of drug-likeness (QED) is 0.647. The highest BCUT2D eigenvalue weighted by atomic mass is 16.5. The zero-order valence-electron chi connectivity index (χ0n) is 15.6. The molecule has 0 aliphatic carbocycles. The smallest absolute Gasteiger partial charge is 0.161 e. The van der Waals surface area contributed by atoms with Crippen LogP contribution in [-0.2, 0) is 6.54 Å². The fourth-order valence-corrected chi connectivity index (χ4v) is 2.60. The Morgan fingerprint density at radius 3 is 2.62 bits per heavy atom. The highest BCUT2D eigenvalue weighted by Crippen LogP contribution is 2.30. The van der Waals surface area contributed by atoms with E-state index in [9.17, 15) is 0 Å². The highest BCUT2D eigenvalue weighted by Gasteiger charge is 2.10. The number of rotatable bonds is 10. The summed E-state index contributed by atoms with van der Waals surface area (Å²) in [5, 5.41) is 12.1. The Kier molecular flexibility index (Phi) is 7.78. The normalized spacial score (nSPS) is 11.5. The van der Waals surface area contributed by atoms with E-state index in [1.54, 1.807) is 14.2 Å². The predicted octanol–water partition coefficient (Wildman–Crippen LogP) is 4.24. The molecule has 5 heteroatoms. The molecular formula is C21H26N2O3. The molecule has 2 aromatic carbocycles. The molecule has 1 unspecified atom stereocenters. The zero-order chi connectivity index (χ0) is 18.8. The van der Waals surface area contributed by atoms with E-state index < -0.39 is 0 Å². The van der Waals surface area contributed by atoms with Crippen molar-refractivity contribution < 1.29 is 14.2 Å². The second-order valence-corrected chi connectivity index (χ2v) is 5.97. The Bertz CT molecular complexity index is 740. The van der Waals surface area contributed by atoms with Gasteiger partial charge in [-0.25, -0.2) is 0 Å². The summed E-state index contributed by atoms with van der Waals surface area (Å²) in [7, 11) is 3.27. The minimum absolute atomic E-state index is 0.162. The summed E-state index contributed by atoms with van der Waals surface area (Å²) in [4.78, 5) is 0. The van der Waals surface area contributed by atoms with Crippen molar-refractivity contribution in [2.75, 3.05) is 20.8 Å². The number of nitrogens with zero attached hydrogens (tertiary/aromatic N) is 1. The van der Waals surface area contributed by atoms with E-state index in [0.29, 0.717) is 13.0 Å². The Hall–Kier alpha value is -2.71. The molecule has 2 rings (SSSR count). The van der Waals surface area contributed by atoms with Crippen molar-refractivity contribution in [2.45, 2.75) is 32.4 Å². The van der Waals surface area contributed by atoms with Gasteiger partial charge in [0.1, 0.15) is 5.75 Å². The van der Waals surface area contributed by atoms with Crippen molar-refractivity contribution in [1.82, 2.24) is 5.32 Å². The van der Waals surface area contributed by atoms with Gasteiger partial charge in [-0.3, -0.25) is 0 Å². The maximum atomic E-state index is 8.56. The third-order valence-corrected chi connectivity index (χ3v) is 4.12. The van der Waals surface area contributed by atoms with Gasteiger partial charge in [0.15, 0.2) is 11.5 Å². The number of unbranched alkanes of at least 4 members (excludes halogenated alkanes) is 1. The number of hydrogen-bond acceptors (Lipinski definition) is 5. The van der Waals surface area contributed by atoms with Crippen molar-refractivity contribution in [3.8, 4) is 23.3 Å². The van der Waals surface area contributed by atoms with Crippen molar-refractivity contribution in [2.24, 2.45) is 0 Å². The van der Waals surface area contributed by atoms with E-state index in [-0.39, 0.29) is 6.04 Å². The maximum Gasteiger partial charge on any atom is 0.161 e.